The van der Waals surface area contributed by atoms with Gasteiger partial charge in [0.2, 0.25) is 12.0 Å². The van der Waals surface area contributed by atoms with Gasteiger partial charge in [-0.2, -0.15) is 4.99 Å². The number of methoxy groups -OCH3 is 1. The molecule has 0 unspecified atom stereocenters. The first kappa shape index (κ1) is 8.43. The molecule has 1 heterocycles. The molecule has 0 aliphatic rings. The summed E-state index contributed by atoms with van der Waals surface area (Å²) in [6.45, 7) is 0.251. The second-order valence-electron chi connectivity index (χ2n) is 2.08. The number of rotatable bonds is 3. The Morgan fingerprint density at radius 1 is 1.67 bits per heavy atom. The van der Waals surface area contributed by atoms with E-state index in [1.807, 2.05) is 0 Å². The van der Waals surface area contributed by atoms with Crippen LogP contribution in [0, 0.1) is 0 Å². The van der Waals surface area contributed by atoms with Crippen LogP contribution in [0.4, 0.5) is 0 Å². The van der Waals surface area contributed by atoms with Gasteiger partial charge in [-0.05, 0) is 6.07 Å². The SMILES string of the molecule is COc1cccc(CN=C=O)n1. The summed E-state index contributed by atoms with van der Waals surface area (Å²) in [7, 11) is 1.54. The molecule has 0 fully saturated rings. The van der Waals surface area contributed by atoms with Crippen molar-refractivity contribution in [2.24, 2.45) is 4.99 Å². The van der Waals surface area contributed by atoms with Crippen molar-refractivity contribution in [2.45, 2.75) is 6.54 Å². The highest BCUT2D eigenvalue weighted by molar-refractivity contribution is 5.33. The average molecular weight is 164 g/mol. The predicted molar refractivity (Wildman–Crippen MR) is 42.6 cm³/mol. The maximum atomic E-state index is 9.78. The summed E-state index contributed by atoms with van der Waals surface area (Å²) in [5.41, 5.74) is 0.692. The van der Waals surface area contributed by atoms with Crippen LogP contribution in [0.25, 0.3) is 0 Å². The van der Waals surface area contributed by atoms with Gasteiger partial charge in [-0.15, -0.1) is 0 Å². The molecular weight excluding hydrogens is 156 g/mol. The summed E-state index contributed by atoms with van der Waals surface area (Å²) in [5.74, 6) is 0.522. The molecule has 0 amide bonds. The molecule has 0 aliphatic heterocycles. The molecule has 0 aromatic carbocycles. The number of hydrogen-bond acceptors (Lipinski definition) is 4. The fraction of sp³-hybridized carbons (Fsp3) is 0.250. The van der Waals surface area contributed by atoms with E-state index < -0.39 is 0 Å². The van der Waals surface area contributed by atoms with E-state index in [0.29, 0.717) is 11.6 Å². The molecule has 1 rings (SSSR count). The van der Waals surface area contributed by atoms with Crippen molar-refractivity contribution in [3.8, 4) is 5.88 Å². The monoisotopic (exact) mass is 164 g/mol. The van der Waals surface area contributed by atoms with E-state index in [1.165, 1.54) is 13.2 Å². The Kier molecular flexibility index (Phi) is 2.99. The largest absolute Gasteiger partial charge is 0.481 e. The topological polar surface area (TPSA) is 51.5 Å². The Morgan fingerprint density at radius 3 is 3.17 bits per heavy atom. The number of isocyanates is 1. The maximum Gasteiger partial charge on any atom is 0.235 e. The zero-order chi connectivity index (χ0) is 8.81. The van der Waals surface area contributed by atoms with Gasteiger partial charge in [0, 0.05) is 6.07 Å². The maximum absolute atomic E-state index is 9.78. The fourth-order valence-electron chi connectivity index (χ4n) is 0.773. The first-order valence-corrected chi connectivity index (χ1v) is 3.40. The van der Waals surface area contributed by atoms with Gasteiger partial charge in [0.15, 0.2) is 0 Å². The zero-order valence-electron chi connectivity index (χ0n) is 6.65. The molecule has 1 aromatic heterocycles. The van der Waals surface area contributed by atoms with Gasteiger partial charge < -0.3 is 4.74 Å². The van der Waals surface area contributed by atoms with Crippen molar-refractivity contribution < 1.29 is 9.53 Å². The van der Waals surface area contributed by atoms with Gasteiger partial charge in [0.25, 0.3) is 0 Å². The molecule has 4 heteroatoms. The first-order valence-electron chi connectivity index (χ1n) is 3.40. The third-order valence-corrected chi connectivity index (χ3v) is 1.30. The van der Waals surface area contributed by atoms with E-state index in [4.69, 9.17) is 4.74 Å². The first-order chi connectivity index (χ1) is 5.86. The number of carbonyl (C=O) groups excluding carboxylic acids is 1. The second-order valence-corrected chi connectivity index (χ2v) is 2.08. The number of hydrogen-bond donors (Lipinski definition) is 0. The van der Waals surface area contributed by atoms with Crippen molar-refractivity contribution in [3.63, 3.8) is 0 Å². The molecular formula is C8H8N2O2. The van der Waals surface area contributed by atoms with E-state index in [2.05, 4.69) is 9.98 Å². The highest BCUT2D eigenvalue weighted by Gasteiger charge is 1.94. The molecule has 0 atom stereocenters. The summed E-state index contributed by atoms with van der Waals surface area (Å²) in [6, 6.07) is 5.29. The zero-order valence-corrected chi connectivity index (χ0v) is 6.65. The van der Waals surface area contributed by atoms with Crippen LogP contribution >= 0.6 is 0 Å². The lowest BCUT2D eigenvalue weighted by atomic mass is 10.3. The van der Waals surface area contributed by atoms with E-state index >= 15 is 0 Å². The molecule has 0 aliphatic carbocycles. The third kappa shape index (κ3) is 2.18. The van der Waals surface area contributed by atoms with E-state index in [-0.39, 0.29) is 6.54 Å². The van der Waals surface area contributed by atoms with Gasteiger partial charge >= 0.3 is 0 Å². The molecule has 1 aromatic rings. The number of aliphatic imine (C=N–C) groups is 1. The summed E-state index contributed by atoms with van der Waals surface area (Å²) in [4.78, 5) is 17.2. The lowest BCUT2D eigenvalue weighted by Gasteiger charge is -1.98. The van der Waals surface area contributed by atoms with Crippen molar-refractivity contribution in [1.82, 2.24) is 4.98 Å². The minimum Gasteiger partial charge on any atom is -0.481 e. The van der Waals surface area contributed by atoms with Crippen LogP contribution in [0.15, 0.2) is 23.2 Å². The van der Waals surface area contributed by atoms with E-state index in [9.17, 15) is 4.79 Å². The predicted octanol–water partition coefficient (Wildman–Crippen LogP) is 0.926. The van der Waals surface area contributed by atoms with Gasteiger partial charge in [-0.1, -0.05) is 6.07 Å². The van der Waals surface area contributed by atoms with Crippen molar-refractivity contribution in [2.75, 3.05) is 7.11 Å². The molecule has 0 radical (unpaired) electrons. The van der Waals surface area contributed by atoms with Crippen molar-refractivity contribution in [3.05, 3.63) is 23.9 Å². The highest BCUT2D eigenvalue weighted by atomic mass is 16.5. The van der Waals surface area contributed by atoms with Crippen molar-refractivity contribution >= 4 is 6.08 Å². The van der Waals surface area contributed by atoms with Gasteiger partial charge in [-0.25, -0.2) is 9.78 Å². The smallest absolute Gasteiger partial charge is 0.235 e. The minimum absolute atomic E-state index is 0.251. The van der Waals surface area contributed by atoms with Crippen LogP contribution < -0.4 is 4.74 Å². The van der Waals surface area contributed by atoms with Crippen LogP contribution in [-0.4, -0.2) is 18.2 Å². The Bertz CT molecular complexity index is 306. The third-order valence-electron chi connectivity index (χ3n) is 1.30. The lowest BCUT2D eigenvalue weighted by Crippen LogP contribution is -1.91. The van der Waals surface area contributed by atoms with Crippen LogP contribution in [0.5, 0.6) is 5.88 Å². The lowest BCUT2D eigenvalue weighted by molar-refractivity contribution is 0.396. The summed E-state index contributed by atoms with van der Waals surface area (Å²) >= 11 is 0. The van der Waals surface area contributed by atoms with Crippen LogP contribution in [0.2, 0.25) is 0 Å². The van der Waals surface area contributed by atoms with Crippen molar-refractivity contribution in [1.29, 1.82) is 0 Å². The van der Waals surface area contributed by atoms with E-state index in [0.717, 1.165) is 0 Å². The Hall–Kier alpha value is -1.67. The van der Waals surface area contributed by atoms with Gasteiger partial charge in [-0.3, -0.25) is 0 Å². The quantitative estimate of drug-likeness (QED) is 0.493. The number of aromatic nitrogens is 1. The molecule has 4 nitrogen and oxygen atoms in total. The number of pyridine rings is 1. The fourth-order valence-corrected chi connectivity index (χ4v) is 0.773. The molecule has 62 valence electrons. The number of nitrogens with zero attached hydrogens (tertiary/aromatic N) is 2. The Balaban J connectivity index is 2.78. The van der Waals surface area contributed by atoms with E-state index in [1.54, 1.807) is 18.2 Å². The number of ether oxygens (including phenoxy) is 1. The average Bonchev–Trinajstić information content (AvgIpc) is 2.15. The molecule has 12 heavy (non-hydrogen) atoms. The van der Waals surface area contributed by atoms with Crippen LogP contribution in [0.3, 0.4) is 0 Å². The molecule has 0 saturated carbocycles. The molecule has 0 saturated heterocycles. The standard InChI is InChI=1S/C8H8N2O2/c1-12-8-4-2-3-7(10-8)5-9-6-11/h2-4H,5H2,1H3. The molecule has 0 spiro atoms. The Morgan fingerprint density at radius 2 is 2.50 bits per heavy atom. The minimum atomic E-state index is 0.251. The summed E-state index contributed by atoms with van der Waals surface area (Å²) < 4.78 is 4.88. The van der Waals surface area contributed by atoms with Gasteiger partial charge in [0.1, 0.15) is 0 Å². The highest BCUT2D eigenvalue weighted by Crippen LogP contribution is 2.06. The molecule has 0 bridgehead atoms. The van der Waals surface area contributed by atoms with Gasteiger partial charge in [0.05, 0.1) is 19.3 Å². The van der Waals surface area contributed by atoms with Crippen LogP contribution in [-0.2, 0) is 11.3 Å². The summed E-state index contributed by atoms with van der Waals surface area (Å²) in [6.07, 6.45) is 1.45. The van der Waals surface area contributed by atoms with Crippen LogP contribution in [0.1, 0.15) is 5.69 Å². The molecule has 0 N–H and O–H groups in total. The normalized spacial score (nSPS) is 8.75. The summed E-state index contributed by atoms with van der Waals surface area (Å²) in [5, 5.41) is 0. The second kappa shape index (κ2) is 4.26. The Labute approximate surface area is 69.9 Å².